The van der Waals surface area contributed by atoms with Gasteiger partial charge in [0.05, 0.1) is 0 Å². The van der Waals surface area contributed by atoms with Crippen LogP contribution in [-0.4, -0.2) is 0 Å². The van der Waals surface area contributed by atoms with Crippen molar-refractivity contribution >= 4 is 0 Å². The van der Waals surface area contributed by atoms with Gasteiger partial charge in [-0.2, -0.15) is 0 Å². The van der Waals surface area contributed by atoms with E-state index in [1.165, 1.54) is 56.1 Å². The Hall–Kier alpha value is -0.820. The highest BCUT2D eigenvalue weighted by Gasteiger charge is 2.25. The van der Waals surface area contributed by atoms with Gasteiger partial charge >= 0.3 is 0 Å². The van der Waals surface area contributed by atoms with Gasteiger partial charge in [0.2, 0.25) is 0 Å². The molecule has 0 spiro atoms. The van der Waals surface area contributed by atoms with Crippen molar-refractivity contribution in [3.05, 3.63) is 35.4 Å². The van der Waals surface area contributed by atoms with Gasteiger partial charge in [-0.25, -0.2) is 0 Å². The molecule has 3 rings (SSSR count). The van der Waals surface area contributed by atoms with Crippen LogP contribution in [0.3, 0.4) is 0 Å². The van der Waals surface area contributed by atoms with Crippen LogP contribution in [0.15, 0.2) is 24.3 Å². The molecule has 1 nitrogen and oxygen atoms in total. The maximum Gasteiger partial charge on any atom is 0.0323 e. The molecule has 19 heavy (non-hydrogen) atoms. The van der Waals surface area contributed by atoms with Crippen molar-refractivity contribution in [2.45, 2.75) is 63.8 Å². The summed E-state index contributed by atoms with van der Waals surface area (Å²) in [5, 5.41) is 0. The minimum atomic E-state index is 0.253. The standard InChI is InChI=1S/C18H27N/c1-13-5-7-16(8-6-13)18(19)17-11-9-15(10-12-17)14-3-2-4-14/h9-14,16,18H,2-8,19H2,1H3. The molecule has 1 aromatic rings. The maximum atomic E-state index is 6.49. The molecule has 1 aromatic carbocycles. The van der Waals surface area contributed by atoms with Gasteiger partial charge in [0.1, 0.15) is 0 Å². The van der Waals surface area contributed by atoms with Gasteiger partial charge in [0.15, 0.2) is 0 Å². The summed E-state index contributed by atoms with van der Waals surface area (Å²) in [5.74, 6) is 2.44. The van der Waals surface area contributed by atoms with Gasteiger partial charge in [0.25, 0.3) is 0 Å². The summed E-state index contributed by atoms with van der Waals surface area (Å²) in [6, 6.07) is 9.48. The monoisotopic (exact) mass is 257 g/mol. The van der Waals surface area contributed by atoms with E-state index < -0.39 is 0 Å². The highest BCUT2D eigenvalue weighted by Crippen LogP contribution is 2.38. The van der Waals surface area contributed by atoms with Crippen LogP contribution in [0.4, 0.5) is 0 Å². The lowest BCUT2D eigenvalue weighted by Gasteiger charge is -2.31. The topological polar surface area (TPSA) is 26.0 Å². The summed E-state index contributed by atoms with van der Waals surface area (Å²) in [6.45, 7) is 2.37. The SMILES string of the molecule is CC1CCC(C(N)c2ccc(C3CCC3)cc2)CC1. The molecule has 0 heterocycles. The number of hydrogen-bond donors (Lipinski definition) is 1. The number of rotatable bonds is 3. The quantitative estimate of drug-likeness (QED) is 0.828. The molecule has 1 atom stereocenters. The number of nitrogens with two attached hydrogens (primary N) is 1. The molecule has 2 N–H and O–H groups in total. The van der Waals surface area contributed by atoms with Crippen molar-refractivity contribution < 1.29 is 0 Å². The van der Waals surface area contributed by atoms with Crippen LogP contribution in [0.5, 0.6) is 0 Å². The van der Waals surface area contributed by atoms with Gasteiger partial charge in [-0.15, -0.1) is 0 Å². The van der Waals surface area contributed by atoms with E-state index in [4.69, 9.17) is 5.73 Å². The predicted molar refractivity (Wildman–Crippen MR) is 81.1 cm³/mol. The average molecular weight is 257 g/mol. The van der Waals surface area contributed by atoms with E-state index in [0.717, 1.165) is 11.8 Å². The Morgan fingerprint density at radius 1 is 0.947 bits per heavy atom. The van der Waals surface area contributed by atoms with E-state index in [2.05, 4.69) is 31.2 Å². The second-order valence-electron chi connectivity index (χ2n) is 6.84. The fourth-order valence-electron chi connectivity index (χ4n) is 3.65. The van der Waals surface area contributed by atoms with E-state index >= 15 is 0 Å². The summed E-state index contributed by atoms with van der Waals surface area (Å²) in [5.41, 5.74) is 9.36. The third-order valence-corrected chi connectivity index (χ3v) is 5.47. The Balaban J connectivity index is 1.64. The lowest BCUT2D eigenvalue weighted by atomic mass is 9.76. The molecule has 0 radical (unpaired) electrons. The summed E-state index contributed by atoms with van der Waals surface area (Å²) < 4.78 is 0. The molecule has 0 amide bonds. The molecule has 0 aromatic heterocycles. The Labute approximate surface area is 117 Å². The fraction of sp³-hybridized carbons (Fsp3) is 0.667. The van der Waals surface area contributed by atoms with Gasteiger partial charge in [-0.05, 0) is 54.6 Å². The molecule has 0 saturated heterocycles. The largest absolute Gasteiger partial charge is 0.324 e. The third-order valence-electron chi connectivity index (χ3n) is 5.47. The molecule has 2 aliphatic carbocycles. The minimum absolute atomic E-state index is 0.253. The van der Waals surface area contributed by atoms with Crippen molar-refractivity contribution in [1.29, 1.82) is 0 Å². The van der Waals surface area contributed by atoms with Gasteiger partial charge < -0.3 is 5.73 Å². The van der Waals surface area contributed by atoms with Crippen LogP contribution in [0.25, 0.3) is 0 Å². The first-order valence-corrected chi connectivity index (χ1v) is 8.09. The van der Waals surface area contributed by atoms with E-state index in [1.807, 2.05) is 0 Å². The van der Waals surface area contributed by atoms with Crippen molar-refractivity contribution in [2.75, 3.05) is 0 Å². The highest BCUT2D eigenvalue weighted by atomic mass is 14.7. The average Bonchev–Trinajstić information content (AvgIpc) is 2.38. The zero-order valence-electron chi connectivity index (χ0n) is 12.1. The smallest absolute Gasteiger partial charge is 0.0323 e. The van der Waals surface area contributed by atoms with Crippen molar-refractivity contribution in [2.24, 2.45) is 17.6 Å². The predicted octanol–water partition coefficient (Wildman–Crippen LogP) is 4.78. The third kappa shape index (κ3) is 2.86. The molecule has 0 bridgehead atoms. The molecule has 104 valence electrons. The Kier molecular flexibility index (Phi) is 3.93. The molecular formula is C18H27N. The Morgan fingerprint density at radius 2 is 1.58 bits per heavy atom. The lowest BCUT2D eigenvalue weighted by molar-refractivity contribution is 0.256. The summed E-state index contributed by atoms with van der Waals surface area (Å²) in [7, 11) is 0. The first-order valence-electron chi connectivity index (χ1n) is 8.09. The summed E-state index contributed by atoms with van der Waals surface area (Å²) in [6.07, 6.45) is 9.51. The molecule has 2 saturated carbocycles. The molecule has 0 aliphatic heterocycles. The highest BCUT2D eigenvalue weighted by molar-refractivity contribution is 5.28. The molecule has 2 aliphatic rings. The number of benzene rings is 1. The van der Waals surface area contributed by atoms with Crippen LogP contribution in [0.2, 0.25) is 0 Å². The van der Waals surface area contributed by atoms with Crippen molar-refractivity contribution in [3.8, 4) is 0 Å². The Morgan fingerprint density at radius 3 is 2.11 bits per heavy atom. The molecule has 1 unspecified atom stereocenters. The van der Waals surface area contributed by atoms with Crippen LogP contribution >= 0.6 is 0 Å². The normalized spacial score (nSPS) is 29.8. The van der Waals surface area contributed by atoms with Crippen LogP contribution < -0.4 is 5.73 Å². The van der Waals surface area contributed by atoms with Gasteiger partial charge in [-0.3, -0.25) is 0 Å². The first kappa shape index (κ1) is 13.2. The van der Waals surface area contributed by atoms with Crippen molar-refractivity contribution in [3.63, 3.8) is 0 Å². The van der Waals surface area contributed by atoms with E-state index in [-0.39, 0.29) is 6.04 Å². The lowest BCUT2D eigenvalue weighted by Crippen LogP contribution is -2.25. The minimum Gasteiger partial charge on any atom is -0.324 e. The molecular weight excluding hydrogens is 230 g/mol. The Bertz CT molecular complexity index is 396. The van der Waals surface area contributed by atoms with Crippen LogP contribution in [0, 0.1) is 11.8 Å². The second-order valence-corrected chi connectivity index (χ2v) is 6.84. The van der Waals surface area contributed by atoms with Crippen LogP contribution in [0.1, 0.15) is 75.0 Å². The van der Waals surface area contributed by atoms with E-state index in [9.17, 15) is 0 Å². The maximum absolute atomic E-state index is 6.49. The van der Waals surface area contributed by atoms with E-state index in [0.29, 0.717) is 5.92 Å². The zero-order chi connectivity index (χ0) is 13.2. The summed E-state index contributed by atoms with van der Waals surface area (Å²) >= 11 is 0. The molecule has 2 fully saturated rings. The first-order chi connectivity index (χ1) is 9.24. The van der Waals surface area contributed by atoms with Gasteiger partial charge in [-0.1, -0.05) is 50.5 Å². The van der Waals surface area contributed by atoms with E-state index in [1.54, 1.807) is 0 Å². The zero-order valence-corrected chi connectivity index (χ0v) is 12.1. The molecule has 1 heteroatoms. The van der Waals surface area contributed by atoms with Crippen LogP contribution in [-0.2, 0) is 0 Å². The second kappa shape index (κ2) is 5.66. The van der Waals surface area contributed by atoms with Crippen molar-refractivity contribution in [1.82, 2.24) is 0 Å². The van der Waals surface area contributed by atoms with Gasteiger partial charge in [0, 0.05) is 6.04 Å². The fourth-order valence-corrected chi connectivity index (χ4v) is 3.65. The summed E-state index contributed by atoms with van der Waals surface area (Å²) in [4.78, 5) is 0. The number of hydrogen-bond acceptors (Lipinski definition) is 1.